The standard InChI is InChI=1S/C14H24N2O4/c17-13(18)9-16(12-3-1-2-4-12)14(19)15-7-5-11-6-8-20-10-11/h11-12H,1-10H2,(H,15,19)(H,17,18). The normalized spacial score (nSPS) is 22.9. The SMILES string of the molecule is O=C(O)CN(C(=O)NCCC1CCOC1)C1CCCC1. The van der Waals surface area contributed by atoms with E-state index in [4.69, 9.17) is 9.84 Å². The van der Waals surface area contributed by atoms with Gasteiger partial charge in [0.2, 0.25) is 0 Å². The van der Waals surface area contributed by atoms with E-state index in [0.717, 1.165) is 51.7 Å². The van der Waals surface area contributed by atoms with E-state index in [1.807, 2.05) is 0 Å². The summed E-state index contributed by atoms with van der Waals surface area (Å²) in [6, 6.07) is -0.154. The Kier molecular flexibility index (Phi) is 5.64. The van der Waals surface area contributed by atoms with Crippen molar-refractivity contribution in [3.63, 3.8) is 0 Å². The van der Waals surface area contributed by atoms with Crippen LogP contribution < -0.4 is 5.32 Å². The summed E-state index contributed by atoms with van der Waals surface area (Å²) >= 11 is 0. The summed E-state index contributed by atoms with van der Waals surface area (Å²) in [5.41, 5.74) is 0. The van der Waals surface area contributed by atoms with Gasteiger partial charge in [-0.15, -0.1) is 0 Å². The summed E-state index contributed by atoms with van der Waals surface area (Å²) in [7, 11) is 0. The molecule has 2 aliphatic rings. The fourth-order valence-electron chi connectivity index (χ4n) is 3.02. The zero-order valence-corrected chi connectivity index (χ0v) is 11.8. The number of hydrogen-bond acceptors (Lipinski definition) is 3. The van der Waals surface area contributed by atoms with Crippen LogP contribution in [0.15, 0.2) is 0 Å². The molecule has 1 aliphatic carbocycles. The maximum absolute atomic E-state index is 12.2. The molecule has 1 atom stereocenters. The van der Waals surface area contributed by atoms with E-state index in [1.165, 1.54) is 4.90 Å². The summed E-state index contributed by atoms with van der Waals surface area (Å²) in [6.45, 7) is 1.97. The van der Waals surface area contributed by atoms with E-state index in [2.05, 4.69) is 5.32 Å². The Morgan fingerprint density at radius 3 is 2.60 bits per heavy atom. The average Bonchev–Trinajstić information content (AvgIpc) is 3.08. The number of carboxylic acid groups (broad SMARTS) is 1. The number of urea groups is 1. The van der Waals surface area contributed by atoms with Crippen LogP contribution in [0.5, 0.6) is 0 Å². The molecule has 6 nitrogen and oxygen atoms in total. The van der Waals surface area contributed by atoms with Crippen LogP contribution in [0, 0.1) is 5.92 Å². The highest BCUT2D eigenvalue weighted by atomic mass is 16.5. The van der Waals surface area contributed by atoms with Crippen LogP contribution in [0.2, 0.25) is 0 Å². The molecule has 0 aromatic rings. The lowest BCUT2D eigenvalue weighted by Crippen LogP contribution is -2.48. The summed E-state index contributed by atoms with van der Waals surface area (Å²) in [4.78, 5) is 24.6. The van der Waals surface area contributed by atoms with Crippen LogP contribution in [-0.4, -0.2) is 54.4 Å². The van der Waals surface area contributed by atoms with Crippen LogP contribution in [0.3, 0.4) is 0 Å². The molecule has 114 valence electrons. The number of carbonyl (C=O) groups excluding carboxylic acids is 1. The fraction of sp³-hybridized carbons (Fsp3) is 0.857. The second kappa shape index (κ2) is 7.47. The molecule has 1 saturated heterocycles. The second-order valence-corrected chi connectivity index (χ2v) is 5.71. The molecule has 1 unspecified atom stereocenters. The van der Waals surface area contributed by atoms with Crippen molar-refractivity contribution in [3.8, 4) is 0 Å². The van der Waals surface area contributed by atoms with Gasteiger partial charge in [0.05, 0.1) is 0 Å². The second-order valence-electron chi connectivity index (χ2n) is 5.71. The van der Waals surface area contributed by atoms with E-state index in [9.17, 15) is 9.59 Å². The van der Waals surface area contributed by atoms with Crippen molar-refractivity contribution in [2.24, 2.45) is 5.92 Å². The fourth-order valence-corrected chi connectivity index (χ4v) is 3.02. The number of nitrogens with one attached hydrogen (secondary N) is 1. The van der Waals surface area contributed by atoms with Crippen molar-refractivity contribution in [1.29, 1.82) is 0 Å². The van der Waals surface area contributed by atoms with Crippen LogP contribution in [0.1, 0.15) is 38.5 Å². The molecule has 0 aromatic carbocycles. The molecule has 2 amide bonds. The van der Waals surface area contributed by atoms with Gasteiger partial charge in [-0.05, 0) is 31.6 Å². The average molecular weight is 284 g/mol. The lowest BCUT2D eigenvalue weighted by molar-refractivity contribution is -0.138. The Morgan fingerprint density at radius 1 is 1.25 bits per heavy atom. The lowest BCUT2D eigenvalue weighted by atomic mass is 10.1. The molecule has 0 aromatic heterocycles. The zero-order chi connectivity index (χ0) is 14.4. The van der Waals surface area contributed by atoms with Crippen LogP contribution in [0.4, 0.5) is 4.79 Å². The van der Waals surface area contributed by atoms with Gasteiger partial charge in [-0.25, -0.2) is 4.79 Å². The topological polar surface area (TPSA) is 78.9 Å². The van der Waals surface area contributed by atoms with Gasteiger partial charge in [0.1, 0.15) is 6.54 Å². The predicted molar refractivity (Wildman–Crippen MR) is 73.5 cm³/mol. The molecule has 2 N–H and O–H groups in total. The largest absolute Gasteiger partial charge is 0.480 e. The Labute approximate surface area is 119 Å². The van der Waals surface area contributed by atoms with E-state index in [0.29, 0.717) is 12.5 Å². The summed E-state index contributed by atoms with van der Waals surface area (Å²) < 4.78 is 5.30. The van der Waals surface area contributed by atoms with E-state index < -0.39 is 5.97 Å². The van der Waals surface area contributed by atoms with Gasteiger partial charge in [0.25, 0.3) is 0 Å². The minimum atomic E-state index is -0.948. The summed E-state index contributed by atoms with van der Waals surface area (Å²) in [5, 5.41) is 11.8. The molecule has 0 spiro atoms. The zero-order valence-electron chi connectivity index (χ0n) is 11.8. The highest BCUT2D eigenvalue weighted by Crippen LogP contribution is 2.23. The van der Waals surface area contributed by atoms with Gasteiger partial charge in [-0.3, -0.25) is 4.79 Å². The van der Waals surface area contributed by atoms with Crippen LogP contribution in [0.25, 0.3) is 0 Å². The first-order valence-electron chi connectivity index (χ1n) is 7.51. The first kappa shape index (κ1) is 15.1. The smallest absolute Gasteiger partial charge is 0.323 e. The molecule has 1 heterocycles. The van der Waals surface area contributed by atoms with Gasteiger partial charge < -0.3 is 20.1 Å². The molecular formula is C14H24N2O4. The number of hydrogen-bond donors (Lipinski definition) is 2. The molecule has 20 heavy (non-hydrogen) atoms. The predicted octanol–water partition coefficient (Wildman–Crippen LogP) is 1.45. The quantitative estimate of drug-likeness (QED) is 0.774. The lowest BCUT2D eigenvalue weighted by Gasteiger charge is -2.27. The highest BCUT2D eigenvalue weighted by Gasteiger charge is 2.28. The number of nitrogens with zero attached hydrogens (tertiary/aromatic N) is 1. The van der Waals surface area contributed by atoms with Crippen molar-refractivity contribution in [2.45, 2.75) is 44.6 Å². The van der Waals surface area contributed by atoms with Crippen molar-refractivity contribution >= 4 is 12.0 Å². The minimum absolute atomic E-state index is 0.0842. The van der Waals surface area contributed by atoms with Crippen LogP contribution in [-0.2, 0) is 9.53 Å². The Hall–Kier alpha value is -1.30. The van der Waals surface area contributed by atoms with Crippen molar-refractivity contribution in [2.75, 3.05) is 26.3 Å². The van der Waals surface area contributed by atoms with Crippen molar-refractivity contribution in [1.82, 2.24) is 10.2 Å². The Bertz CT molecular complexity index is 336. The number of aliphatic carboxylic acids is 1. The van der Waals surface area contributed by atoms with Crippen molar-refractivity contribution < 1.29 is 19.4 Å². The third-order valence-electron chi connectivity index (χ3n) is 4.18. The number of carbonyl (C=O) groups is 2. The van der Waals surface area contributed by atoms with Crippen LogP contribution >= 0.6 is 0 Å². The molecule has 2 fully saturated rings. The highest BCUT2D eigenvalue weighted by molar-refractivity contribution is 5.80. The van der Waals surface area contributed by atoms with Gasteiger partial charge in [0.15, 0.2) is 0 Å². The van der Waals surface area contributed by atoms with Gasteiger partial charge in [-0.1, -0.05) is 12.8 Å². The first-order chi connectivity index (χ1) is 9.66. The first-order valence-corrected chi connectivity index (χ1v) is 7.51. The Morgan fingerprint density at radius 2 is 2.00 bits per heavy atom. The van der Waals surface area contributed by atoms with Crippen molar-refractivity contribution in [3.05, 3.63) is 0 Å². The van der Waals surface area contributed by atoms with Gasteiger partial charge >= 0.3 is 12.0 Å². The van der Waals surface area contributed by atoms with E-state index in [1.54, 1.807) is 0 Å². The molecule has 1 saturated carbocycles. The molecular weight excluding hydrogens is 260 g/mol. The number of carboxylic acids is 1. The minimum Gasteiger partial charge on any atom is -0.480 e. The molecule has 2 rings (SSSR count). The maximum Gasteiger partial charge on any atom is 0.323 e. The molecule has 0 bridgehead atoms. The van der Waals surface area contributed by atoms with Gasteiger partial charge in [0, 0.05) is 25.8 Å². The molecule has 0 radical (unpaired) electrons. The number of amides is 2. The van der Waals surface area contributed by atoms with Gasteiger partial charge in [-0.2, -0.15) is 0 Å². The third-order valence-corrected chi connectivity index (χ3v) is 4.18. The number of ether oxygens (including phenoxy) is 1. The maximum atomic E-state index is 12.2. The Balaban J connectivity index is 1.77. The molecule has 6 heteroatoms. The van der Waals surface area contributed by atoms with E-state index >= 15 is 0 Å². The monoisotopic (exact) mass is 284 g/mol. The van der Waals surface area contributed by atoms with E-state index in [-0.39, 0.29) is 18.6 Å². The summed E-state index contributed by atoms with van der Waals surface area (Å²) in [5.74, 6) is -0.425. The number of rotatable bonds is 6. The molecule has 1 aliphatic heterocycles. The summed E-state index contributed by atoms with van der Waals surface area (Å²) in [6.07, 6.45) is 5.93. The third kappa shape index (κ3) is 4.37.